The van der Waals surface area contributed by atoms with Gasteiger partial charge in [0.05, 0.1) is 6.10 Å². The van der Waals surface area contributed by atoms with Crippen LogP contribution in [0.3, 0.4) is 0 Å². The summed E-state index contributed by atoms with van der Waals surface area (Å²) >= 11 is 0. The van der Waals surface area contributed by atoms with Gasteiger partial charge in [0.2, 0.25) is 0 Å². The van der Waals surface area contributed by atoms with Crippen LogP contribution in [0.4, 0.5) is 0 Å². The first-order valence-electron chi connectivity index (χ1n) is 14.6. The van der Waals surface area contributed by atoms with E-state index in [4.69, 9.17) is 8.85 Å². The number of aliphatic hydroxyl groups excluding tert-OH is 1. The molecule has 202 valence electrons. The summed E-state index contributed by atoms with van der Waals surface area (Å²) in [6.07, 6.45) is 12.2. The van der Waals surface area contributed by atoms with Crippen LogP contribution in [0.2, 0.25) is 36.3 Å². The minimum atomic E-state index is -1.82. The van der Waals surface area contributed by atoms with Gasteiger partial charge in [-0.15, -0.1) is 0 Å². The quantitative estimate of drug-likeness (QED) is 0.156. The van der Waals surface area contributed by atoms with Crippen molar-refractivity contribution in [2.24, 2.45) is 11.8 Å². The summed E-state index contributed by atoms with van der Waals surface area (Å²) in [5, 5.41) is 9.82. The summed E-state index contributed by atoms with van der Waals surface area (Å²) in [5.74, 6) is 1.07. The van der Waals surface area contributed by atoms with Gasteiger partial charge in [-0.1, -0.05) is 79.9 Å². The molecule has 0 saturated heterocycles. The molecule has 5 heteroatoms. The lowest BCUT2D eigenvalue weighted by Gasteiger charge is -2.41. The zero-order valence-corrected chi connectivity index (χ0v) is 26.6. The van der Waals surface area contributed by atoms with Gasteiger partial charge in [0.25, 0.3) is 0 Å². The molecule has 1 aliphatic carbocycles. The molecule has 0 aromatic rings. The van der Waals surface area contributed by atoms with E-state index in [2.05, 4.69) is 74.6 Å². The Balaban J connectivity index is 2.99. The standard InChI is InChI=1S/C29H60O3Si2/c1-11-15-17-24(5)27(31-33(9,10)29(6,7)8)21-19-25-20-22-28(26(25)18-16-23-30)32-34(12-2,13-3)14-4/h20,24,26-28,30H,11-19,21-23H2,1-10H3/t24?,26-,27+,28+/m1/s1. The van der Waals surface area contributed by atoms with E-state index in [-0.39, 0.29) is 11.6 Å². The SMILES string of the molecule is CCCCC(C)[C@H](CCC1=CC[C@H](O[Si](CC)(CC)CC)[C@@H]1CCCO)O[Si](C)(C)C(C)(C)C. The van der Waals surface area contributed by atoms with Crippen molar-refractivity contribution in [3.8, 4) is 0 Å². The predicted molar refractivity (Wildman–Crippen MR) is 155 cm³/mol. The molecule has 0 amide bonds. The molecular weight excluding hydrogens is 452 g/mol. The van der Waals surface area contributed by atoms with Crippen LogP contribution in [0, 0.1) is 11.8 Å². The van der Waals surface area contributed by atoms with Gasteiger partial charge in [-0.05, 0) is 80.7 Å². The fourth-order valence-electron chi connectivity index (χ4n) is 5.28. The number of rotatable bonds is 17. The summed E-state index contributed by atoms with van der Waals surface area (Å²) < 4.78 is 14.0. The molecule has 0 heterocycles. The summed E-state index contributed by atoms with van der Waals surface area (Å²) in [4.78, 5) is 0. The second-order valence-corrected chi connectivity index (χ2v) is 21.9. The van der Waals surface area contributed by atoms with Crippen molar-refractivity contribution in [3.63, 3.8) is 0 Å². The molecule has 0 fully saturated rings. The van der Waals surface area contributed by atoms with E-state index in [1.807, 2.05) is 0 Å². The predicted octanol–water partition coefficient (Wildman–Crippen LogP) is 9.09. The molecule has 0 spiro atoms. The Morgan fingerprint density at radius 2 is 1.65 bits per heavy atom. The Kier molecular flexibility index (Phi) is 13.9. The normalized spacial score (nSPS) is 21.6. The van der Waals surface area contributed by atoms with E-state index in [1.54, 1.807) is 5.57 Å². The van der Waals surface area contributed by atoms with Crippen molar-refractivity contribution in [2.75, 3.05) is 6.61 Å². The summed E-state index contributed by atoms with van der Waals surface area (Å²) in [5.41, 5.74) is 1.58. The van der Waals surface area contributed by atoms with Crippen LogP contribution in [0.1, 0.15) is 107 Å². The molecular formula is C29H60O3Si2. The van der Waals surface area contributed by atoms with E-state index in [0.717, 1.165) is 32.1 Å². The zero-order valence-electron chi connectivity index (χ0n) is 24.6. The van der Waals surface area contributed by atoms with Crippen LogP contribution in [-0.2, 0) is 8.85 Å². The third-order valence-electron chi connectivity index (χ3n) is 9.16. The van der Waals surface area contributed by atoms with Crippen LogP contribution in [0.25, 0.3) is 0 Å². The van der Waals surface area contributed by atoms with Gasteiger partial charge in [-0.2, -0.15) is 0 Å². The maximum Gasteiger partial charge on any atom is 0.192 e. The van der Waals surface area contributed by atoms with Crippen LogP contribution in [0.15, 0.2) is 11.6 Å². The molecule has 0 saturated carbocycles. The van der Waals surface area contributed by atoms with Gasteiger partial charge in [0.15, 0.2) is 16.6 Å². The lowest BCUT2D eigenvalue weighted by atomic mass is 9.88. The average Bonchev–Trinajstić information content (AvgIpc) is 3.17. The molecule has 1 rings (SSSR count). The lowest BCUT2D eigenvalue weighted by Crippen LogP contribution is -2.45. The molecule has 3 nitrogen and oxygen atoms in total. The van der Waals surface area contributed by atoms with Crippen molar-refractivity contribution < 1.29 is 14.0 Å². The van der Waals surface area contributed by atoms with Crippen molar-refractivity contribution in [2.45, 2.75) is 155 Å². The Morgan fingerprint density at radius 1 is 1.03 bits per heavy atom. The first-order valence-corrected chi connectivity index (χ1v) is 20.0. The molecule has 1 N–H and O–H groups in total. The first-order chi connectivity index (χ1) is 15.9. The Bertz CT molecular complexity index is 584. The molecule has 1 aliphatic rings. The van der Waals surface area contributed by atoms with Gasteiger partial charge in [-0.3, -0.25) is 0 Å². The van der Waals surface area contributed by atoms with Gasteiger partial charge in [-0.25, -0.2) is 0 Å². The van der Waals surface area contributed by atoms with Crippen LogP contribution in [0.5, 0.6) is 0 Å². The average molecular weight is 513 g/mol. The maximum atomic E-state index is 9.58. The van der Waals surface area contributed by atoms with Crippen molar-refractivity contribution >= 4 is 16.6 Å². The summed E-state index contributed by atoms with van der Waals surface area (Å²) in [6.45, 7) is 23.8. The van der Waals surface area contributed by atoms with E-state index in [1.165, 1.54) is 37.4 Å². The van der Waals surface area contributed by atoms with Crippen molar-refractivity contribution in [1.29, 1.82) is 0 Å². The highest BCUT2D eigenvalue weighted by molar-refractivity contribution is 6.74. The molecule has 34 heavy (non-hydrogen) atoms. The maximum absolute atomic E-state index is 9.58. The molecule has 4 atom stereocenters. The largest absolute Gasteiger partial charge is 0.414 e. The highest BCUT2D eigenvalue weighted by Gasteiger charge is 2.41. The fraction of sp³-hybridized carbons (Fsp3) is 0.931. The van der Waals surface area contributed by atoms with E-state index < -0.39 is 16.6 Å². The highest BCUT2D eigenvalue weighted by atomic mass is 28.4. The Morgan fingerprint density at radius 3 is 2.15 bits per heavy atom. The summed E-state index contributed by atoms with van der Waals surface area (Å²) in [6, 6.07) is 3.61. The lowest BCUT2D eigenvalue weighted by molar-refractivity contribution is 0.107. The number of unbranched alkanes of at least 4 members (excludes halogenated alkanes) is 1. The smallest absolute Gasteiger partial charge is 0.192 e. The zero-order chi connectivity index (χ0) is 26.0. The van der Waals surface area contributed by atoms with Gasteiger partial charge in [0.1, 0.15) is 0 Å². The first kappa shape index (κ1) is 32.1. The van der Waals surface area contributed by atoms with Crippen molar-refractivity contribution in [1.82, 2.24) is 0 Å². The Labute approximate surface area is 215 Å². The van der Waals surface area contributed by atoms with Crippen LogP contribution in [-0.4, -0.2) is 40.6 Å². The number of aliphatic hydroxyl groups is 1. The van der Waals surface area contributed by atoms with Crippen LogP contribution < -0.4 is 0 Å². The second kappa shape index (κ2) is 14.7. The second-order valence-electron chi connectivity index (χ2n) is 12.5. The number of hydrogen-bond donors (Lipinski definition) is 1. The third-order valence-corrected chi connectivity index (χ3v) is 18.3. The van der Waals surface area contributed by atoms with Gasteiger partial charge < -0.3 is 14.0 Å². The molecule has 0 aromatic heterocycles. The topological polar surface area (TPSA) is 38.7 Å². The molecule has 0 radical (unpaired) electrons. The van der Waals surface area contributed by atoms with Crippen molar-refractivity contribution in [3.05, 3.63) is 11.6 Å². The molecule has 0 aliphatic heterocycles. The summed E-state index contributed by atoms with van der Waals surface area (Å²) in [7, 11) is -3.45. The molecule has 0 bridgehead atoms. The van der Waals surface area contributed by atoms with Gasteiger partial charge >= 0.3 is 0 Å². The monoisotopic (exact) mass is 512 g/mol. The minimum Gasteiger partial charge on any atom is -0.414 e. The number of hydrogen-bond acceptors (Lipinski definition) is 3. The minimum absolute atomic E-state index is 0.235. The molecule has 1 unspecified atom stereocenters. The molecule has 0 aromatic carbocycles. The highest BCUT2D eigenvalue weighted by Crippen LogP contribution is 2.42. The van der Waals surface area contributed by atoms with E-state index in [0.29, 0.717) is 24.0 Å². The van der Waals surface area contributed by atoms with E-state index >= 15 is 0 Å². The third kappa shape index (κ3) is 9.17. The van der Waals surface area contributed by atoms with Crippen LogP contribution >= 0.6 is 0 Å². The fourth-order valence-corrected chi connectivity index (χ4v) is 9.64. The Hall–Kier alpha value is 0.0538. The van der Waals surface area contributed by atoms with Gasteiger partial charge in [0, 0.05) is 18.6 Å². The van der Waals surface area contributed by atoms with E-state index in [9.17, 15) is 5.11 Å².